The van der Waals surface area contributed by atoms with Crippen LogP contribution in [0.5, 0.6) is 0 Å². The van der Waals surface area contributed by atoms with Crippen molar-refractivity contribution >= 4 is 27.6 Å². The maximum atomic E-state index is 11.2. The number of benzene rings is 1. The van der Waals surface area contributed by atoms with Crippen molar-refractivity contribution in [1.82, 2.24) is 0 Å². The zero-order valence-electron chi connectivity index (χ0n) is 6.70. The summed E-state index contributed by atoms with van der Waals surface area (Å²) in [7, 11) is -1.20. The van der Waals surface area contributed by atoms with Gasteiger partial charge in [-0.2, -0.15) is 0 Å². The van der Waals surface area contributed by atoms with E-state index in [0.717, 1.165) is 0 Å². The van der Waals surface area contributed by atoms with Crippen LogP contribution in [0.15, 0.2) is 41.1 Å². The molecule has 1 rings (SSSR count). The molecule has 0 aromatic heterocycles. The third kappa shape index (κ3) is 2.50. The lowest BCUT2D eigenvalue weighted by Crippen LogP contribution is -1.90. The zero-order chi connectivity index (χ0) is 9.84. The first kappa shape index (κ1) is 10.2. The zero-order valence-corrected chi connectivity index (χ0v) is 8.27. The van der Waals surface area contributed by atoms with E-state index in [1.807, 2.05) is 0 Å². The van der Waals surface area contributed by atoms with Gasteiger partial charge in [0, 0.05) is 15.9 Å². The summed E-state index contributed by atoms with van der Waals surface area (Å²) in [6, 6.07) is 6.25. The molecule has 0 aliphatic carbocycles. The van der Waals surface area contributed by atoms with E-state index in [9.17, 15) is 9.00 Å². The predicted octanol–water partition coefficient (Wildman–Crippen LogP) is 2.32. The van der Waals surface area contributed by atoms with Crippen LogP contribution in [0.4, 0.5) is 0 Å². The third-order valence-corrected chi connectivity index (χ3v) is 2.72. The maximum absolute atomic E-state index is 11.2. The Morgan fingerprint density at radius 2 is 1.92 bits per heavy atom. The highest BCUT2D eigenvalue weighted by Gasteiger charge is 2.02. The monoisotopic (exact) mass is 214 g/mol. The van der Waals surface area contributed by atoms with Gasteiger partial charge in [-0.05, 0) is 35.9 Å². The molecule has 68 valence electrons. The number of carbonyl (C=O) groups excluding carboxylic acids is 1. The summed E-state index contributed by atoms with van der Waals surface area (Å²) >= 11 is 5.23. The second kappa shape index (κ2) is 4.35. The normalized spacial score (nSPS) is 12.1. The molecule has 0 saturated heterocycles. The molecule has 0 aliphatic rings. The maximum Gasteiger partial charge on any atom is 0.252 e. The van der Waals surface area contributed by atoms with Gasteiger partial charge in [0.1, 0.15) is 0 Å². The van der Waals surface area contributed by atoms with Crippen molar-refractivity contribution in [3.05, 3.63) is 41.8 Å². The van der Waals surface area contributed by atoms with Crippen LogP contribution >= 0.6 is 11.6 Å². The van der Waals surface area contributed by atoms with E-state index in [2.05, 4.69) is 6.58 Å². The summed E-state index contributed by atoms with van der Waals surface area (Å²) in [6.07, 6.45) is 0. The Kier molecular flexibility index (Phi) is 3.39. The summed E-state index contributed by atoms with van der Waals surface area (Å²) < 4.78 is 11.2. The average Bonchev–Trinajstić information content (AvgIpc) is 2.17. The topological polar surface area (TPSA) is 34.1 Å². The van der Waals surface area contributed by atoms with Gasteiger partial charge in [0.15, 0.2) is 0 Å². The molecule has 2 nitrogen and oxygen atoms in total. The summed E-state index contributed by atoms with van der Waals surface area (Å²) in [5.41, 5.74) is 0.395. The van der Waals surface area contributed by atoms with Crippen molar-refractivity contribution in [1.29, 1.82) is 0 Å². The van der Waals surface area contributed by atoms with Crippen LogP contribution in [0.3, 0.4) is 0 Å². The molecular formula is C9H7ClO2S. The van der Waals surface area contributed by atoms with Crippen LogP contribution < -0.4 is 0 Å². The van der Waals surface area contributed by atoms with Gasteiger partial charge >= 0.3 is 0 Å². The van der Waals surface area contributed by atoms with Crippen LogP contribution in [0, 0.1) is 0 Å². The molecule has 13 heavy (non-hydrogen) atoms. The smallest absolute Gasteiger partial charge is 0.252 e. The summed E-state index contributed by atoms with van der Waals surface area (Å²) in [5, 5.41) is 0.813. The van der Waals surface area contributed by atoms with E-state index in [1.54, 1.807) is 12.1 Å². The molecule has 1 aromatic rings. The van der Waals surface area contributed by atoms with Crippen molar-refractivity contribution in [2.75, 3.05) is 0 Å². The lowest BCUT2D eigenvalue weighted by molar-refractivity contribution is 0.108. The largest absolute Gasteiger partial charge is 0.276 e. The van der Waals surface area contributed by atoms with Crippen molar-refractivity contribution in [2.24, 2.45) is 0 Å². The molecule has 0 heterocycles. The first-order valence-electron chi connectivity index (χ1n) is 3.48. The first-order valence-corrected chi connectivity index (χ1v) is 5.07. The van der Waals surface area contributed by atoms with E-state index in [0.29, 0.717) is 10.5 Å². The SMILES string of the molecule is C=CS(=O)c1ccc(C(=O)Cl)cc1. The van der Waals surface area contributed by atoms with E-state index in [4.69, 9.17) is 11.6 Å². The van der Waals surface area contributed by atoms with Crippen LogP contribution in [0.1, 0.15) is 10.4 Å². The average molecular weight is 215 g/mol. The lowest BCUT2D eigenvalue weighted by Gasteiger charge is -1.96. The Hall–Kier alpha value is -0.930. The number of hydrogen-bond donors (Lipinski definition) is 0. The fourth-order valence-corrected chi connectivity index (χ4v) is 1.54. The van der Waals surface area contributed by atoms with E-state index in [1.165, 1.54) is 17.5 Å². The molecule has 0 amide bonds. The second-order valence-electron chi connectivity index (χ2n) is 2.26. The second-order valence-corrected chi connectivity index (χ2v) is 4.01. The molecule has 0 spiro atoms. The van der Waals surface area contributed by atoms with Crippen molar-refractivity contribution in [3.8, 4) is 0 Å². The molecule has 0 radical (unpaired) electrons. The predicted molar refractivity (Wildman–Crippen MR) is 53.2 cm³/mol. The fraction of sp³-hybridized carbons (Fsp3) is 0. The molecule has 1 unspecified atom stereocenters. The Bertz CT molecular complexity index is 356. The van der Waals surface area contributed by atoms with Crippen LogP contribution in [0.25, 0.3) is 0 Å². The Labute approximate surface area is 83.7 Å². The van der Waals surface area contributed by atoms with Gasteiger partial charge in [-0.3, -0.25) is 4.79 Å². The van der Waals surface area contributed by atoms with E-state index in [-0.39, 0.29) is 0 Å². The van der Waals surface area contributed by atoms with Crippen LogP contribution in [0.2, 0.25) is 0 Å². The van der Waals surface area contributed by atoms with Gasteiger partial charge in [-0.25, -0.2) is 4.21 Å². The quantitative estimate of drug-likeness (QED) is 0.724. The molecule has 0 saturated carbocycles. The molecule has 4 heteroatoms. The lowest BCUT2D eigenvalue weighted by atomic mass is 10.2. The van der Waals surface area contributed by atoms with Gasteiger partial charge in [0.2, 0.25) is 0 Å². The Morgan fingerprint density at radius 3 is 2.31 bits per heavy atom. The summed E-state index contributed by atoms with van der Waals surface area (Å²) in [5.74, 6) is 0. The molecular weight excluding hydrogens is 208 g/mol. The summed E-state index contributed by atoms with van der Waals surface area (Å²) in [6.45, 7) is 3.40. The molecule has 0 aliphatic heterocycles. The van der Waals surface area contributed by atoms with Gasteiger partial charge in [0.25, 0.3) is 5.24 Å². The van der Waals surface area contributed by atoms with Gasteiger partial charge in [-0.1, -0.05) is 6.58 Å². The van der Waals surface area contributed by atoms with Gasteiger partial charge < -0.3 is 0 Å². The molecule has 1 atom stereocenters. The van der Waals surface area contributed by atoms with E-state index >= 15 is 0 Å². The minimum Gasteiger partial charge on any atom is -0.276 e. The third-order valence-electron chi connectivity index (χ3n) is 1.46. The Morgan fingerprint density at radius 1 is 1.38 bits per heavy atom. The summed E-state index contributed by atoms with van der Waals surface area (Å²) in [4.78, 5) is 11.3. The standard InChI is InChI=1S/C9H7ClO2S/c1-2-13(12)8-5-3-7(4-6-8)9(10)11/h2-6H,1H2. The highest BCUT2D eigenvalue weighted by molar-refractivity contribution is 7.88. The fourth-order valence-electron chi connectivity index (χ4n) is 0.816. The van der Waals surface area contributed by atoms with Crippen molar-refractivity contribution in [3.63, 3.8) is 0 Å². The van der Waals surface area contributed by atoms with Crippen LogP contribution in [-0.2, 0) is 10.8 Å². The number of rotatable bonds is 3. The minimum absolute atomic E-state index is 0.395. The number of carbonyl (C=O) groups is 1. The molecule has 1 aromatic carbocycles. The highest BCUT2D eigenvalue weighted by atomic mass is 35.5. The first-order chi connectivity index (χ1) is 6.15. The van der Waals surface area contributed by atoms with Gasteiger partial charge in [0.05, 0.1) is 10.8 Å². The highest BCUT2D eigenvalue weighted by Crippen LogP contribution is 2.10. The molecule has 0 fully saturated rings. The van der Waals surface area contributed by atoms with Crippen molar-refractivity contribution in [2.45, 2.75) is 4.90 Å². The van der Waals surface area contributed by atoms with Crippen LogP contribution in [-0.4, -0.2) is 9.45 Å². The Balaban J connectivity index is 3.00. The van der Waals surface area contributed by atoms with E-state index < -0.39 is 16.0 Å². The molecule has 0 N–H and O–H groups in total. The minimum atomic E-state index is -1.20. The van der Waals surface area contributed by atoms with Crippen molar-refractivity contribution < 1.29 is 9.00 Å². The molecule has 0 bridgehead atoms. The van der Waals surface area contributed by atoms with Gasteiger partial charge in [-0.15, -0.1) is 0 Å². The number of halogens is 1. The number of hydrogen-bond acceptors (Lipinski definition) is 2.